The van der Waals surface area contributed by atoms with Crippen molar-refractivity contribution in [2.24, 2.45) is 0 Å². The molecule has 1 N–H and O–H groups in total. The van der Waals surface area contributed by atoms with Crippen molar-refractivity contribution in [3.8, 4) is 0 Å². The van der Waals surface area contributed by atoms with Crippen LogP contribution in [0.3, 0.4) is 0 Å². The van der Waals surface area contributed by atoms with Crippen molar-refractivity contribution in [3.05, 3.63) is 11.6 Å². The minimum Gasteiger partial charge on any atom is -0.459 e. The molecule has 0 saturated carbocycles. The number of carbonyl (C=O) groups excluding carboxylic acids is 1. The Balaban J connectivity index is 2.70. The van der Waals surface area contributed by atoms with E-state index in [1.54, 1.807) is 6.92 Å². The fourth-order valence-corrected chi connectivity index (χ4v) is 1.69. The highest BCUT2D eigenvalue weighted by Crippen LogP contribution is 2.29. The van der Waals surface area contributed by atoms with Gasteiger partial charge in [-0.3, -0.25) is 4.79 Å². The maximum absolute atomic E-state index is 10.7. The van der Waals surface area contributed by atoms with Crippen molar-refractivity contribution in [3.63, 3.8) is 0 Å². The van der Waals surface area contributed by atoms with Gasteiger partial charge in [-0.2, -0.15) is 0 Å². The Morgan fingerprint density at radius 2 is 2.38 bits per heavy atom. The summed E-state index contributed by atoms with van der Waals surface area (Å²) >= 11 is 0. The molecule has 0 aromatic carbocycles. The van der Waals surface area contributed by atoms with Crippen molar-refractivity contribution in [1.82, 2.24) is 0 Å². The van der Waals surface area contributed by atoms with Crippen LogP contribution in [0.25, 0.3) is 0 Å². The molecule has 0 aromatic heterocycles. The number of hydrogen-bond donors (Lipinski definition) is 1. The molecule has 0 spiro atoms. The van der Waals surface area contributed by atoms with Gasteiger partial charge in [0.2, 0.25) is 0 Å². The predicted octanol–water partition coefficient (Wildman–Crippen LogP) is 1.41. The van der Waals surface area contributed by atoms with E-state index in [0.717, 1.165) is 5.57 Å². The standard InChI is InChI=1S/C10H16O3/c1-7-4-5-9(13-8(2)11)10(3,12)6-7/h4,9,12H,5-6H2,1-3H3/t9-,10+/m0/s1. The molecule has 13 heavy (non-hydrogen) atoms. The third-order valence-corrected chi connectivity index (χ3v) is 2.32. The summed E-state index contributed by atoms with van der Waals surface area (Å²) in [4.78, 5) is 10.7. The Labute approximate surface area is 78.4 Å². The van der Waals surface area contributed by atoms with Gasteiger partial charge >= 0.3 is 5.97 Å². The van der Waals surface area contributed by atoms with Gasteiger partial charge in [-0.25, -0.2) is 0 Å². The van der Waals surface area contributed by atoms with E-state index in [9.17, 15) is 9.90 Å². The molecule has 2 atom stereocenters. The van der Waals surface area contributed by atoms with E-state index in [-0.39, 0.29) is 5.97 Å². The van der Waals surface area contributed by atoms with E-state index in [1.165, 1.54) is 6.92 Å². The third kappa shape index (κ3) is 2.56. The summed E-state index contributed by atoms with van der Waals surface area (Å²) in [6, 6.07) is 0. The molecule has 1 rings (SSSR count). The van der Waals surface area contributed by atoms with E-state index < -0.39 is 11.7 Å². The normalized spacial score (nSPS) is 33.8. The maximum atomic E-state index is 10.7. The molecule has 0 saturated heterocycles. The Kier molecular flexibility index (Phi) is 2.76. The van der Waals surface area contributed by atoms with Gasteiger partial charge < -0.3 is 9.84 Å². The van der Waals surface area contributed by atoms with Gasteiger partial charge in [0.15, 0.2) is 0 Å². The first-order chi connectivity index (χ1) is 5.92. The van der Waals surface area contributed by atoms with Crippen LogP contribution in [0.15, 0.2) is 11.6 Å². The second kappa shape index (κ2) is 3.50. The number of hydrogen-bond acceptors (Lipinski definition) is 3. The van der Waals surface area contributed by atoms with Crippen molar-refractivity contribution >= 4 is 5.97 Å². The van der Waals surface area contributed by atoms with Crippen molar-refractivity contribution in [2.75, 3.05) is 0 Å². The zero-order valence-electron chi connectivity index (χ0n) is 8.33. The zero-order chi connectivity index (χ0) is 10.1. The molecule has 1 aliphatic rings. The van der Waals surface area contributed by atoms with Crippen LogP contribution in [0.5, 0.6) is 0 Å². The molecule has 0 fully saturated rings. The summed E-state index contributed by atoms with van der Waals surface area (Å²) in [5.41, 5.74) is 0.234. The van der Waals surface area contributed by atoms with Gasteiger partial charge in [-0.1, -0.05) is 11.6 Å². The number of carbonyl (C=O) groups is 1. The molecule has 1 aliphatic carbocycles. The van der Waals surface area contributed by atoms with E-state index in [4.69, 9.17) is 4.74 Å². The molecule has 0 bridgehead atoms. The number of aliphatic hydroxyl groups is 1. The van der Waals surface area contributed by atoms with Crippen LogP contribution < -0.4 is 0 Å². The summed E-state index contributed by atoms with van der Waals surface area (Å²) in [5.74, 6) is -0.335. The summed E-state index contributed by atoms with van der Waals surface area (Å²) in [6.07, 6.45) is 2.79. The summed E-state index contributed by atoms with van der Waals surface area (Å²) < 4.78 is 5.02. The van der Waals surface area contributed by atoms with Crippen molar-refractivity contribution < 1.29 is 14.6 Å². The molecule has 0 heterocycles. The lowest BCUT2D eigenvalue weighted by molar-refractivity contribution is -0.161. The van der Waals surface area contributed by atoms with Gasteiger partial charge in [0.1, 0.15) is 11.7 Å². The molecule has 0 unspecified atom stereocenters. The Hall–Kier alpha value is -0.830. The summed E-state index contributed by atoms with van der Waals surface area (Å²) in [5, 5.41) is 9.94. The maximum Gasteiger partial charge on any atom is 0.303 e. The molecule has 0 radical (unpaired) electrons. The Morgan fingerprint density at radius 3 is 2.85 bits per heavy atom. The molecule has 0 amide bonds. The molecule has 0 aromatic rings. The zero-order valence-corrected chi connectivity index (χ0v) is 8.33. The van der Waals surface area contributed by atoms with Crippen LogP contribution in [0.1, 0.15) is 33.6 Å². The van der Waals surface area contributed by atoms with Crippen LogP contribution in [0, 0.1) is 0 Å². The molecular weight excluding hydrogens is 168 g/mol. The van der Waals surface area contributed by atoms with Gasteiger partial charge in [-0.05, 0) is 13.8 Å². The lowest BCUT2D eigenvalue weighted by Crippen LogP contribution is -2.43. The van der Waals surface area contributed by atoms with Crippen LogP contribution in [0.4, 0.5) is 0 Å². The quantitative estimate of drug-likeness (QED) is 0.495. The predicted molar refractivity (Wildman–Crippen MR) is 49.2 cm³/mol. The first-order valence-corrected chi connectivity index (χ1v) is 4.47. The fourth-order valence-electron chi connectivity index (χ4n) is 1.69. The monoisotopic (exact) mass is 184 g/mol. The first kappa shape index (κ1) is 10.3. The van der Waals surface area contributed by atoms with E-state index in [2.05, 4.69) is 0 Å². The van der Waals surface area contributed by atoms with Gasteiger partial charge in [0.25, 0.3) is 0 Å². The highest BCUT2D eigenvalue weighted by molar-refractivity contribution is 5.66. The van der Waals surface area contributed by atoms with E-state index in [1.807, 2.05) is 13.0 Å². The van der Waals surface area contributed by atoms with E-state index >= 15 is 0 Å². The van der Waals surface area contributed by atoms with E-state index in [0.29, 0.717) is 12.8 Å². The average Bonchev–Trinajstić information content (AvgIpc) is 1.93. The fraction of sp³-hybridized carbons (Fsp3) is 0.700. The molecular formula is C10H16O3. The van der Waals surface area contributed by atoms with Crippen molar-refractivity contribution in [1.29, 1.82) is 0 Å². The van der Waals surface area contributed by atoms with Gasteiger partial charge in [0.05, 0.1) is 0 Å². The molecule has 3 heteroatoms. The second-order valence-corrected chi connectivity index (χ2v) is 3.92. The van der Waals surface area contributed by atoms with Gasteiger partial charge in [0, 0.05) is 19.8 Å². The topological polar surface area (TPSA) is 46.5 Å². The largest absolute Gasteiger partial charge is 0.459 e. The second-order valence-electron chi connectivity index (χ2n) is 3.92. The minimum atomic E-state index is -0.912. The minimum absolute atomic E-state index is 0.335. The van der Waals surface area contributed by atoms with Crippen LogP contribution >= 0.6 is 0 Å². The van der Waals surface area contributed by atoms with Crippen LogP contribution in [0.2, 0.25) is 0 Å². The Bertz CT molecular complexity index is 241. The third-order valence-electron chi connectivity index (χ3n) is 2.32. The molecule has 74 valence electrons. The summed E-state index contributed by atoms with van der Waals surface area (Å²) in [6.45, 7) is 5.04. The number of rotatable bonds is 1. The SMILES string of the molecule is CC(=O)O[C@H]1CC=C(C)C[C@@]1(C)O. The van der Waals surface area contributed by atoms with Crippen LogP contribution in [-0.2, 0) is 9.53 Å². The van der Waals surface area contributed by atoms with Crippen LogP contribution in [-0.4, -0.2) is 22.8 Å². The molecule has 3 nitrogen and oxygen atoms in total. The number of ether oxygens (including phenoxy) is 1. The first-order valence-electron chi connectivity index (χ1n) is 4.47. The number of esters is 1. The Morgan fingerprint density at radius 1 is 1.77 bits per heavy atom. The average molecular weight is 184 g/mol. The lowest BCUT2D eigenvalue weighted by atomic mass is 9.84. The molecule has 0 aliphatic heterocycles. The van der Waals surface area contributed by atoms with Gasteiger partial charge in [-0.15, -0.1) is 0 Å². The lowest BCUT2D eigenvalue weighted by Gasteiger charge is -2.35. The highest BCUT2D eigenvalue weighted by Gasteiger charge is 2.36. The summed E-state index contributed by atoms with van der Waals surface area (Å²) in [7, 11) is 0. The smallest absolute Gasteiger partial charge is 0.303 e. The highest BCUT2D eigenvalue weighted by atomic mass is 16.6. The van der Waals surface area contributed by atoms with Crippen molar-refractivity contribution in [2.45, 2.75) is 45.3 Å².